The number of hydrogen-bond donors (Lipinski definition) is 3. The van der Waals surface area contributed by atoms with E-state index < -0.39 is 0 Å². The molecule has 172 valence electrons. The summed E-state index contributed by atoms with van der Waals surface area (Å²) in [7, 11) is 1.73. The molecule has 2 aromatic carbocycles. The average molecular weight is 549 g/mol. The predicted molar refractivity (Wildman–Crippen MR) is 140 cm³/mol. The molecule has 2 aromatic rings. The number of benzene rings is 2. The summed E-state index contributed by atoms with van der Waals surface area (Å²) in [5, 5.41) is 9.52. The van der Waals surface area contributed by atoms with Crippen LogP contribution in [0.25, 0.3) is 0 Å². The van der Waals surface area contributed by atoms with Gasteiger partial charge in [-0.05, 0) is 48.2 Å². The van der Waals surface area contributed by atoms with Crippen LogP contribution in [0.3, 0.4) is 0 Å². The number of carbonyl (C=O) groups excluding carboxylic acids is 2. The zero-order valence-corrected chi connectivity index (χ0v) is 21.0. The highest BCUT2D eigenvalue weighted by Gasteiger charge is 2.21. The van der Waals surface area contributed by atoms with E-state index >= 15 is 0 Å². The van der Waals surface area contributed by atoms with Crippen molar-refractivity contribution < 1.29 is 9.59 Å². The zero-order valence-electron chi connectivity index (χ0n) is 18.7. The van der Waals surface area contributed by atoms with Gasteiger partial charge >= 0.3 is 0 Å². The molecule has 0 aliphatic carbocycles. The second-order valence-electron chi connectivity index (χ2n) is 7.59. The standard InChI is InChI=1S/C24H31N5O2.HI/c1-3-6-22(30)28-20-8-4-7-19(15-20)17-27-24(25-2)26-16-18-10-12-21(13-11-18)29-14-5-9-23(29)31;/h4,7-8,10-13,15H,3,5-6,9,14,16-17H2,1-2H3,(H,28,30)(H2,25,26,27);1H. The van der Waals surface area contributed by atoms with Crippen LogP contribution in [0.2, 0.25) is 0 Å². The minimum Gasteiger partial charge on any atom is -0.352 e. The summed E-state index contributed by atoms with van der Waals surface area (Å²) in [6.07, 6.45) is 2.92. The maximum absolute atomic E-state index is 11.9. The van der Waals surface area contributed by atoms with Crippen LogP contribution in [0.4, 0.5) is 11.4 Å². The van der Waals surface area contributed by atoms with Gasteiger partial charge in [0.1, 0.15) is 0 Å². The van der Waals surface area contributed by atoms with Crippen molar-refractivity contribution in [1.82, 2.24) is 10.6 Å². The predicted octanol–water partition coefficient (Wildman–Crippen LogP) is 4.04. The number of amides is 2. The molecular formula is C24H32IN5O2. The van der Waals surface area contributed by atoms with E-state index in [0.717, 1.165) is 41.9 Å². The van der Waals surface area contributed by atoms with E-state index in [1.807, 2.05) is 60.4 Å². The molecule has 1 saturated heterocycles. The highest BCUT2D eigenvalue weighted by molar-refractivity contribution is 14.0. The summed E-state index contributed by atoms with van der Waals surface area (Å²) in [6, 6.07) is 15.8. The molecule has 1 fully saturated rings. The maximum atomic E-state index is 11.9. The van der Waals surface area contributed by atoms with Gasteiger partial charge in [0.05, 0.1) is 0 Å². The molecule has 3 N–H and O–H groups in total. The highest BCUT2D eigenvalue weighted by atomic mass is 127. The first-order valence-corrected chi connectivity index (χ1v) is 10.8. The SMILES string of the molecule is CCCC(=O)Nc1cccc(CNC(=NC)NCc2ccc(N3CCCC3=O)cc2)c1.I. The second-order valence-corrected chi connectivity index (χ2v) is 7.59. The van der Waals surface area contributed by atoms with Crippen LogP contribution in [-0.4, -0.2) is 31.4 Å². The van der Waals surface area contributed by atoms with Gasteiger partial charge in [-0.3, -0.25) is 14.6 Å². The first kappa shape index (κ1) is 25.6. The molecule has 0 saturated carbocycles. The van der Waals surface area contributed by atoms with Gasteiger partial charge in [-0.1, -0.05) is 31.2 Å². The Kier molecular flexibility index (Phi) is 10.5. The van der Waals surface area contributed by atoms with Crippen LogP contribution in [-0.2, 0) is 22.7 Å². The maximum Gasteiger partial charge on any atom is 0.227 e. The largest absolute Gasteiger partial charge is 0.352 e. The molecule has 0 bridgehead atoms. The van der Waals surface area contributed by atoms with E-state index in [-0.39, 0.29) is 35.8 Å². The minimum atomic E-state index is 0. The van der Waals surface area contributed by atoms with Crippen molar-refractivity contribution in [1.29, 1.82) is 0 Å². The number of aliphatic imine (C=N–C) groups is 1. The number of rotatable bonds is 8. The van der Waals surface area contributed by atoms with Gasteiger partial charge in [-0.2, -0.15) is 0 Å². The molecule has 8 heteroatoms. The number of guanidine groups is 1. The Labute approximate surface area is 207 Å². The third-order valence-electron chi connectivity index (χ3n) is 5.15. The monoisotopic (exact) mass is 549 g/mol. The highest BCUT2D eigenvalue weighted by Crippen LogP contribution is 2.21. The van der Waals surface area contributed by atoms with Gasteiger partial charge in [0.25, 0.3) is 0 Å². The van der Waals surface area contributed by atoms with Crippen LogP contribution >= 0.6 is 24.0 Å². The van der Waals surface area contributed by atoms with Crippen molar-refractivity contribution in [2.75, 3.05) is 23.8 Å². The van der Waals surface area contributed by atoms with Crippen LogP contribution in [0.15, 0.2) is 53.5 Å². The van der Waals surface area contributed by atoms with Gasteiger partial charge in [0, 0.05) is 50.9 Å². The molecule has 0 unspecified atom stereocenters. The Morgan fingerprint density at radius 1 is 1.06 bits per heavy atom. The molecule has 1 aliphatic rings. The Morgan fingerprint density at radius 2 is 1.78 bits per heavy atom. The molecule has 0 radical (unpaired) electrons. The van der Waals surface area contributed by atoms with Crippen LogP contribution < -0.4 is 20.9 Å². The van der Waals surface area contributed by atoms with Crippen molar-refractivity contribution in [3.63, 3.8) is 0 Å². The molecular weight excluding hydrogens is 517 g/mol. The van der Waals surface area contributed by atoms with Gasteiger partial charge < -0.3 is 20.9 Å². The fraction of sp³-hybridized carbons (Fsp3) is 0.375. The molecule has 7 nitrogen and oxygen atoms in total. The lowest BCUT2D eigenvalue weighted by Crippen LogP contribution is -2.36. The van der Waals surface area contributed by atoms with E-state index in [1.54, 1.807) is 7.05 Å². The van der Waals surface area contributed by atoms with E-state index in [9.17, 15) is 9.59 Å². The number of halogens is 1. The van der Waals surface area contributed by atoms with Crippen molar-refractivity contribution in [3.05, 3.63) is 59.7 Å². The summed E-state index contributed by atoms with van der Waals surface area (Å²) in [5.41, 5.74) is 3.92. The van der Waals surface area contributed by atoms with Crippen molar-refractivity contribution in [2.45, 2.75) is 45.7 Å². The lowest BCUT2D eigenvalue weighted by Gasteiger charge is -2.16. The van der Waals surface area contributed by atoms with Crippen LogP contribution in [0, 0.1) is 0 Å². The minimum absolute atomic E-state index is 0. The first-order chi connectivity index (χ1) is 15.1. The fourth-order valence-electron chi connectivity index (χ4n) is 3.52. The summed E-state index contributed by atoms with van der Waals surface area (Å²) in [4.78, 5) is 29.8. The van der Waals surface area contributed by atoms with E-state index in [1.165, 1.54) is 0 Å². The molecule has 1 aliphatic heterocycles. The third-order valence-corrected chi connectivity index (χ3v) is 5.15. The van der Waals surface area contributed by atoms with Gasteiger partial charge in [-0.25, -0.2) is 0 Å². The Hall–Kier alpha value is -2.62. The summed E-state index contributed by atoms with van der Waals surface area (Å²) in [5.74, 6) is 0.925. The number of nitrogens with zero attached hydrogens (tertiary/aromatic N) is 2. The van der Waals surface area contributed by atoms with Crippen molar-refractivity contribution in [3.8, 4) is 0 Å². The number of anilines is 2. The zero-order chi connectivity index (χ0) is 22.1. The van der Waals surface area contributed by atoms with Gasteiger partial charge in [0.2, 0.25) is 11.8 Å². The average Bonchev–Trinajstić information content (AvgIpc) is 3.20. The fourth-order valence-corrected chi connectivity index (χ4v) is 3.52. The molecule has 3 rings (SSSR count). The van der Waals surface area contributed by atoms with Gasteiger partial charge in [0.15, 0.2) is 5.96 Å². The summed E-state index contributed by atoms with van der Waals surface area (Å²) < 4.78 is 0. The summed E-state index contributed by atoms with van der Waals surface area (Å²) in [6.45, 7) is 4.01. The first-order valence-electron chi connectivity index (χ1n) is 10.8. The van der Waals surface area contributed by atoms with E-state index in [4.69, 9.17) is 0 Å². The van der Waals surface area contributed by atoms with Crippen molar-refractivity contribution >= 4 is 53.1 Å². The normalized spacial score (nSPS) is 13.5. The van der Waals surface area contributed by atoms with Crippen LogP contribution in [0.5, 0.6) is 0 Å². The Balaban J connectivity index is 0.00000363. The lowest BCUT2D eigenvalue weighted by atomic mass is 10.2. The Morgan fingerprint density at radius 3 is 2.41 bits per heavy atom. The van der Waals surface area contributed by atoms with E-state index in [0.29, 0.717) is 31.9 Å². The molecule has 1 heterocycles. The number of carbonyl (C=O) groups is 2. The van der Waals surface area contributed by atoms with Crippen LogP contribution in [0.1, 0.15) is 43.7 Å². The second kappa shape index (κ2) is 13.0. The number of nitrogens with one attached hydrogen (secondary N) is 3. The smallest absolute Gasteiger partial charge is 0.227 e. The molecule has 0 spiro atoms. The topological polar surface area (TPSA) is 85.8 Å². The third kappa shape index (κ3) is 7.51. The molecule has 0 atom stereocenters. The quantitative estimate of drug-likeness (QED) is 0.264. The number of hydrogen-bond acceptors (Lipinski definition) is 3. The van der Waals surface area contributed by atoms with Gasteiger partial charge in [-0.15, -0.1) is 24.0 Å². The molecule has 0 aromatic heterocycles. The van der Waals surface area contributed by atoms with E-state index in [2.05, 4.69) is 20.9 Å². The summed E-state index contributed by atoms with van der Waals surface area (Å²) >= 11 is 0. The molecule has 32 heavy (non-hydrogen) atoms. The van der Waals surface area contributed by atoms with Crippen molar-refractivity contribution in [2.24, 2.45) is 4.99 Å². The molecule has 2 amide bonds. The lowest BCUT2D eigenvalue weighted by molar-refractivity contribution is -0.117. The Bertz CT molecular complexity index is 930.